The van der Waals surface area contributed by atoms with Crippen LogP contribution in [0.3, 0.4) is 0 Å². The average Bonchev–Trinajstić information content (AvgIpc) is 3.20. The molecule has 36 heavy (non-hydrogen) atoms. The zero-order chi connectivity index (χ0) is 26.0. The molecule has 0 fully saturated rings. The van der Waals surface area contributed by atoms with E-state index in [-0.39, 0.29) is 34.5 Å². The van der Waals surface area contributed by atoms with Crippen LogP contribution in [0.4, 0.5) is 5.69 Å². The van der Waals surface area contributed by atoms with Crippen molar-refractivity contribution in [2.24, 2.45) is 4.99 Å². The second-order valence-electron chi connectivity index (χ2n) is 7.33. The average molecular weight is 660 g/mol. The smallest absolute Gasteiger partial charge is 0.363 e. The lowest BCUT2D eigenvalue weighted by Crippen LogP contribution is -2.06. The molecule has 1 aliphatic heterocycles. The molecular weight excluding hydrogens is 646 g/mol. The van der Waals surface area contributed by atoms with E-state index in [1.54, 1.807) is 24.3 Å². The highest BCUT2D eigenvalue weighted by Crippen LogP contribution is 2.36. The van der Waals surface area contributed by atoms with E-state index in [4.69, 9.17) is 49.0 Å². The molecule has 0 saturated carbocycles. The number of benzene rings is 3. The van der Waals surface area contributed by atoms with Crippen LogP contribution < -0.4 is 9.47 Å². The van der Waals surface area contributed by atoms with E-state index in [1.807, 2.05) is 6.07 Å². The summed E-state index contributed by atoms with van der Waals surface area (Å²) < 4.78 is 17.4. The zero-order valence-corrected chi connectivity index (χ0v) is 22.7. The van der Waals surface area contributed by atoms with Gasteiger partial charge in [0.2, 0.25) is 5.90 Å². The molecule has 0 radical (unpaired) electrons. The van der Waals surface area contributed by atoms with Gasteiger partial charge in [0.25, 0.3) is 5.69 Å². The molecule has 184 valence electrons. The van der Waals surface area contributed by atoms with Crippen LogP contribution in [0.25, 0.3) is 6.08 Å². The lowest BCUT2D eigenvalue weighted by molar-refractivity contribution is -0.384. The summed E-state index contributed by atoms with van der Waals surface area (Å²) in [4.78, 5) is 27.2. The number of aliphatic imine (C=N–C) groups is 1. The Morgan fingerprint density at radius 1 is 1.08 bits per heavy atom. The van der Waals surface area contributed by atoms with E-state index in [0.29, 0.717) is 27.1 Å². The molecule has 0 bridgehead atoms. The molecule has 0 aromatic heterocycles. The SMILES string of the molecule is COc1cc(/C=C2\N=C(c3ccc(Cl)c([N+](=O)[O-])c3)OC2=O)cc(I)c1OCc1ccc(Cl)c(Cl)c1. The summed E-state index contributed by atoms with van der Waals surface area (Å²) in [5.41, 5.74) is 1.38. The molecule has 3 aromatic carbocycles. The number of hydrogen-bond acceptors (Lipinski definition) is 7. The van der Waals surface area contributed by atoms with Crippen molar-refractivity contribution < 1.29 is 23.9 Å². The normalized spacial score (nSPS) is 14.0. The fourth-order valence-corrected chi connectivity index (χ4v) is 4.51. The number of nitrogens with zero attached hydrogens (tertiary/aromatic N) is 2. The van der Waals surface area contributed by atoms with Crippen molar-refractivity contribution in [2.75, 3.05) is 7.11 Å². The third-order valence-electron chi connectivity index (χ3n) is 4.93. The summed E-state index contributed by atoms with van der Waals surface area (Å²) >= 11 is 20.0. The minimum atomic E-state index is -0.698. The quantitative estimate of drug-likeness (QED) is 0.0883. The molecule has 0 amide bonds. The monoisotopic (exact) mass is 658 g/mol. The Morgan fingerprint density at radius 2 is 1.83 bits per heavy atom. The summed E-state index contributed by atoms with van der Waals surface area (Å²) in [5.74, 6) is 0.196. The second kappa shape index (κ2) is 11.0. The Kier molecular flexibility index (Phi) is 8.04. The van der Waals surface area contributed by atoms with Gasteiger partial charge in [0, 0.05) is 11.6 Å². The number of carbonyl (C=O) groups excluding carboxylic acids is 1. The summed E-state index contributed by atoms with van der Waals surface area (Å²) in [6.45, 7) is 0.233. The summed E-state index contributed by atoms with van der Waals surface area (Å²) in [6.07, 6.45) is 1.52. The predicted molar refractivity (Wildman–Crippen MR) is 145 cm³/mol. The van der Waals surface area contributed by atoms with Crippen molar-refractivity contribution in [3.8, 4) is 11.5 Å². The van der Waals surface area contributed by atoms with Crippen LogP contribution in [0.5, 0.6) is 11.5 Å². The third kappa shape index (κ3) is 5.75. The zero-order valence-electron chi connectivity index (χ0n) is 18.3. The van der Waals surface area contributed by atoms with Crippen LogP contribution in [-0.2, 0) is 16.1 Å². The molecule has 8 nitrogen and oxygen atoms in total. The predicted octanol–water partition coefficient (Wildman–Crippen LogP) is 7.09. The van der Waals surface area contributed by atoms with E-state index >= 15 is 0 Å². The van der Waals surface area contributed by atoms with E-state index < -0.39 is 10.9 Å². The highest BCUT2D eigenvalue weighted by molar-refractivity contribution is 14.1. The number of nitro groups is 1. The van der Waals surface area contributed by atoms with Gasteiger partial charge in [-0.05, 0) is 76.2 Å². The number of esters is 1. The van der Waals surface area contributed by atoms with Gasteiger partial charge in [-0.2, -0.15) is 0 Å². The fourth-order valence-electron chi connectivity index (χ4n) is 3.22. The Morgan fingerprint density at radius 3 is 2.53 bits per heavy atom. The molecule has 1 heterocycles. The summed E-state index contributed by atoms with van der Waals surface area (Å²) in [6, 6.07) is 12.7. The number of carbonyl (C=O) groups is 1. The van der Waals surface area contributed by atoms with E-state index in [1.165, 1.54) is 31.4 Å². The minimum Gasteiger partial charge on any atom is -0.493 e. The fraction of sp³-hybridized carbons (Fsp3) is 0.0833. The molecule has 0 unspecified atom stereocenters. The van der Waals surface area contributed by atoms with Crippen LogP contribution in [-0.4, -0.2) is 23.9 Å². The van der Waals surface area contributed by atoms with Crippen LogP contribution >= 0.6 is 57.4 Å². The molecule has 12 heteroatoms. The first-order valence-corrected chi connectivity index (χ1v) is 12.3. The van der Waals surface area contributed by atoms with Crippen molar-refractivity contribution in [3.63, 3.8) is 0 Å². The number of rotatable bonds is 7. The summed E-state index contributed by atoms with van der Waals surface area (Å²) in [5, 5.41) is 12.0. The van der Waals surface area contributed by atoms with E-state index in [0.717, 1.165) is 9.13 Å². The van der Waals surface area contributed by atoms with Crippen LogP contribution in [0.15, 0.2) is 59.2 Å². The van der Waals surface area contributed by atoms with Crippen molar-refractivity contribution in [2.45, 2.75) is 6.61 Å². The van der Waals surface area contributed by atoms with Crippen molar-refractivity contribution in [1.82, 2.24) is 0 Å². The lowest BCUT2D eigenvalue weighted by atomic mass is 10.1. The maximum absolute atomic E-state index is 12.4. The first kappa shape index (κ1) is 26.2. The maximum atomic E-state index is 12.4. The van der Waals surface area contributed by atoms with Gasteiger partial charge >= 0.3 is 5.97 Å². The van der Waals surface area contributed by atoms with Gasteiger partial charge in [-0.25, -0.2) is 9.79 Å². The first-order valence-electron chi connectivity index (χ1n) is 10.1. The van der Waals surface area contributed by atoms with Crippen molar-refractivity contribution in [3.05, 3.63) is 99.7 Å². The molecule has 4 rings (SSSR count). The number of hydrogen-bond donors (Lipinski definition) is 0. The van der Waals surface area contributed by atoms with Crippen LogP contribution in [0.2, 0.25) is 15.1 Å². The largest absolute Gasteiger partial charge is 0.493 e. The molecular formula is C24H14Cl3IN2O6. The highest BCUT2D eigenvalue weighted by atomic mass is 127. The molecule has 0 saturated heterocycles. The van der Waals surface area contributed by atoms with Gasteiger partial charge in [-0.3, -0.25) is 10.1 Å². The van der Waals surface area contributed by atoms with Crippen molar-refractivity contribution >= 4 is 81.0 Å². The Hall–Kier alpha value is -2.86. The Balaban J connectivity index is 1.60. The molecule has 0 spiro atoms. The molecule has 3 aromatic rings. The maximum Gasteiger partial charge on any atom is 0.363 e. The van der Waals surface area contributed by atoms with Gasteiger partial charge in [0.05, 0.1) is 25.6 Å². The first-order chi connectivity index (χ1) is 17.2. The van der Waals surface area contributed by atoms with E-state index in [2.05, 4.69) is 27.6 Å². The highest BCUT2D eigenvalue weighted by Gasteiger charge is 2.26. The van der Waals surface area contributed by atoms with Crippen LogP contribution in [0.1, 0.15) is 16.7 Å². The summed E-state index contributed by atoms with van der Waals surface area (Å²) in [7, 11) is 1.50. The van der Waals surface area contributed by atoms with Gasteiger partial charge in [-0.1, -0.05) is 40.9 Å². The van der Waals surface area contributed by atoms with Crippen molar-refractivity contribution in [1.29, 1.82) is 0 Å². The number of methoxy groups -OCH3 is 1. The standard InChI is InChI=1S/C24H14Cl3IN2O6/c1-34-21-9-13(7-18(28)22(21)35-11-12-2-4-15(25)17(27)6-12)8-19-24(31)36-23(29-19)14-3-5-16(26)20(10-14)30(32)33/h2-10H,11H2,1H3/b19-8-. The number of nitro benzene ring substituents is 1. The number of ether oxygens (including phenoxy) is 3. The Labute approximate surface area is 233 Å². The minimum absolute atomic E-state index is 0.0185. The second-order valence-corrected chi connectivity index (χ2v) is 9.71. The topological polar surface area (TPSA) is 100 Å². The van der Waals surface area contributed by atoms with Crippen LogP contribution in [0, 0.1) is 13.7 Å². The van der Waals surface area contributed by atoms with Gasteiger partial charge < -0.3 is 14.2 Å². The Bertz CT molecular complexity index is 1460. The number of cyclic esters (lactones) is 1. The van der Waals surface area contributed by atoms with E-state index in [9.17, 15) is 14.9 Å². The lowest BCUT2D eigenvalue weighted by Gasteiger charge is -2.14. The molecule has 0 aliphatic carbocycles. The molecule has 1 aliphatic rings. The molecule has 0 atom stereocenters. The van der Waals surface area contributed by atoms with Gasteiger partial charge in [-0.15, -0.1) is 0 Å². The van der Waals surface area contributed by atoms with Gasteiger partial charge in [0.1, 0.15) is 11.6 Å². The number of halogens is 4. The third-order valence-corrected chi connectivity index (χ3v) is 6.79. The van der Waals surface area contributed by atoms with Gasteiger partial charge in [0.15, 0.2) is 17.2 Å². The molecule has 0 N–H and O–H groups in total.